The number of rotatable bonds is 5. The summed E-state index contributed by atoms with van der Waals surface area (Å²) in [6.45, 7) is 0. The van der Waals surface area contributed by atoms with E-state index in [2.05, 4.69) is 17.5 Å². The van der Waals surface area contributed by atoms with Gasteiger partial charge in [0.15, 0.2) is 0 Å². The molecule has 2 rings (SSSR count). The van der Waals surface area contributed by atoms with E-state index in [0.29, 0.717) is 28.8 Å². The maximum absolute atomic E-state index is 11.9. The zero-order valence-corrected chi connectivity index (χ0v) is 13.0. The number of amides is 1. The minimum Gasteiger partial charge on any atom is -0.326 e. The SMILES string of the molecule is C[S@](=O)Cc1cc(NC(=O)C[C@H]2C=CCC2)ccc1Cl. The van der Waals surface area contributed by atoms with Crippen LogP contribution in [-0.4, -0.2) is 16.4 Å². The molecule has 0 saturated carbocycles. The fraction of sp³-hybridized carbons (Fsp3) is 0.400. The molecule has 1 aliphatic rings. The summed E-state index contributed by atoms with van der Waals surface area (Å²) >= 11 is 6.06. The van der Waals surface area contributed by atoms with E-state index in [9.17, 15) is 9.00 Å². The Morgan fingerprint density at radius 3 is 2.95 bits per heavy atom. The molecule has 0 saturated heterocycles. The highest BCUT2D eigenvalue weighted by atomic mass is 35.5. The van der Waals surface area contributed by atoms with Crippen molar-refractivity contribution in [2.24, 2.45) is 5.92 Å². The molecular weight excluding hydrogens is 294 g/mol. The molecule has 0 aliphatic heterocycles. The van der Waals surface area contributed by atoms with E-state index in [0.717, 1.165) is 18.4 Å². The van der Waals surface area contributed by atoms with Gasteiger partial charge in [0.25, 0.3) is 0 Å². The Kier molecular flexibility index (Phi) is 5.38. The number of carbonyl (C=O) groups is 1. The summed E-state index contributed by atoms with van der Waals surface area (Å²) in [4.78, 5) is 11.9. The summed E-state index contributed by atoms with van der Waals surface area (Å²) < 4.78 is 11.3. The van der Waals surface area contributed by atoms with E-state index < -0.39 is 10.8 Å². The van der Waals surface area contributed by atoms with Crippen LogP contribution < -0.4 is 5.32 Å². The number of anilines is 1. The Balaban J connectivity index is 1.99. The van der Waals surface area contributed by atoms with Gasteiger partial charge in [0.1, 0.15) is 0 Å². The van der Waals surface area contributed by atoms with Gasteiger partial charge >= 0.3 is 0 Å². The maximum Gasteiger partial charge on any atom is 0.224 e. The van der Waals surface area contributed by atoms with E-state index in [4.69, 9.17) is 11.6 Å². The molecule has 0 spiro atoms. The molecule has 1 aromatic carbocycles. The molecule has 5 heteroatoms. The monoisotopic (exact) mass is 311 g/mol. The number of allylic oxidation sites excluding steroid dienone is 2. The molecule has 20 heavy (non-hydrogen) atoms. The van der Waals surface area contributed by atoms with Crippen LogP contribution in [0.1, 0.15) is 24.8 Å². The van der Waals surface area contributed by atoms with Crippen LogP contribution in [0.3, 0.4) is 0 Å². The number of hydrogen-bond acceptors (Lipinski definition) is 2. The highest BCUT2D eigenvalue weighted by Crippen LogP contribution is 2.24. The standard InChI is InChI=1S/C15H18ClNO2S/c1-20(19)10-12-9-13(6-7-14(12)16)17-15(18)8-11-4-2-3-5-11/h2,4,6-7,9,11H,3,5,8,10H2,1H3,(H,17,18)/t11-,20-/m0/s1. The molecule has 1 amide bonds. The third-order valence-electron chi connectivity index (χ3n) is 3.25. The lowest BCUT2D eigenvalue weighted by molar-refractivity contribution is -0.116. The second-order valence-corrected chi connectivity index (χ2v) is 6.88. The first kappa shape index (κ1) is 15.3. The van der Waals surface area contributed by atoms with Gasteiger partial charge < -0.3 is 5.32 Å². The Morgan fingerprint density at radius 2 is 2.30 bits per heavy atom. The quantitative estimate of drug-likeness (QED) is 0.846. The van der Waals surface area contributed by atoms with Gasteiger partial charge in [0, 0.05) is 39.9 Å². The zero-order valence-electron chi connectivity index (χ0n) is 11.4. The van der Waals surface area contributed by atoms with Crippen molar-refractivity contribution in [2.45, 2.75) is 25.0 Å². The van der Waals surface area contributed by atoms with Crippen molar-refractivity contribution < 1.29 is 9.00 Å². The van der Waals surface area contributed by atoms with Crippen molar-refractivity contribution in [3.05, 3.63) is 40.9 Å². The van der Waals surface area contributed by atoms with Crippen molar-refractivity contribution in [3.63, 3.8) is 0 Å². The molecule has 0 heterocycles. The highest BCUT2D eigenvalue weighted by molar-refractivity contribution is 7.83. The van der Waals surface area contributed by atoms with Crippen molar-refractivity contribution in [1.29, 1.82) is 0 Å². The Hall–Kier alpha value is -1.13. The minimum atomic E-state index is -0.958. The molecule has 0 radical (unpaired) electrons. The van der Waals surface area contributed by atoms with Crippen molar-refractivity contribution >= 4 is 34.0 Å². The lowest BCUT2D eigenvalue weighted by atomic mass is 10.0. The first-order valence-corrected chi connectivity index (χ1v) is 8.70. The molecule has 1 N–H and O–H groups in total. The molecule has 1 aromatic rings. The predicted octanol–water partition coefficient (Wildman–Crippen LogP) is 3.51. The van der Waals surface area contributed by atoms with Gasteiger partial charge in [-0.25, -0.2) is 0 Å². The predicted molar refractivity (Wildman–Crippen MR) is 84.3 cm³/mol. The third kappa shape index (κ3) is 4.46. The first-order chi connectivity index (χ1) is 9.54. The molecule has 2 atom stereocenters. The fourth-order valence-corrected chi connectivity index (χ4v) is 3.24. The van der Waals surface area contributed by atoms with Crippen LogP contribution in [-0.2, 0) is 21.3 Å². The number of hydrogen-bond donors (Lipinski definition) is 1. The summed E-state index contributed by atoms with van der Waals surface area (Å²) in [6, 6.07) is 5.30. The zero-order chi connectivity index (χ0) is 14.5. The Labute approximate surface area is 126 Å². The van der Waals surface area contributed by atoms with E-state index in [1.807, 2.05) is 0 Å². The van der Waals surface area contributed by atoms with E-state index >= 15 is 0 Å². The Bertz CT molecular complexity index is 557. The van der Waals surface area contributed by atoms with Crippen LogP contribution in [0, 0.1) is 5.92 Å². The summed E-state index contributed by atoms with van der Waals surface area (Å²) in [7, 11) is -0.958. The van der Waals surface area contributed by atoms with Crippen molar-refractivity contribution in [3.8, 4) is 0 Å². The summed E-state index contributed by atoms with van der Waals surface area (Å²) in [5.41, 5.74) is 1.51. The molecule has 1 aliphatic carbocycles. The maximum atomic E-state index is 11.9. The van der Waals surface area contributed by atoms with Crippen LogP contribution >= 0.6 is 11.6 Å². The van der Waals surface area contributed by atoms with Crippen molar-refractivity contribution in [1.82, 2.24) is 0 Å². The molecular formula is C15H18ClNO2S. The largest absolute Gasteiger partial charge is 0.326 e. The van der Waals surface area contributed by atoms with Crippen LogP contribution in [0.2, 0.25) is 5.02 Å². The van der Waals surface area contributed by atoms with Crippen LogP contribution in [0.25, 0.3) is 0 Å². The number of nitrogens with one attached hydrogen (secondary N) is 1. The number of carbonyl (C=O) groups excluding carboxylic acids is 1. The van der Waals surface area contributed by atoms with Gasteiger partial charge in [-0.3, -0.25) is 9.00 Å². The molecule has 0 unspecified atom stereocenters. The average Bonchev–Trinajstić information content (AvgIpc) is 2.85. The number of benzene rings is 1. The van der Waals surface area contributed by atoms with Crippen molar-refractivity contribution in [2.75, 3.05) is 11.6 Å². The third-order valence-corrected chi connectivity index (χ3v) is 4.33. The summed E-state index contributed by atoms with van der Waals surface area (Å²) in [5.74, 6) is 0.755. The summed E-state index contributed by atoms with van der Waals surface area (Å²) in [6.07, 6.45) is 8.48. The van der Waals surface area contributed by atoms with E-state index in [-0.39, 0.29) is 5.91 Å². The van der Waals surface area contributed by atoms with Gasteiger partial charge in [-0.2, -0.15) is 0 Å². The van der Waals surface area contributed by atoms with Gasteiger partial charge in [-0.15, -0.1) is 0 Å². The van der Waals surface area contributed by atoms with E-state index in [1.54, 1.807) is 24.5 Å². The normalized spacial score (nSPS) is 19.0. The van der Waals surface area contributed by atoms with Crippen LogP contribution in [0.4, 0.5) is 5.69 Å². The second kappa shape index (κ2) is 7.04. The second-order valence-electron chi connectivity index (χ2n) is 5.04. The van der Waals surface area contributed by atoms with Gasteiger partial charge in [-0.05, 0) is 42.5 Å². The van der Waals surface area contributed by atoms with Crippen LogP contribution in [0.15, 0.2) is 30.4 Å². The topological polar surface area (TPSA) is 46.2 Å². The van der Waals surface area contributed by atoms with Gasteiger partial charge in [-0.1, -0.05) is 23.8 Å². The lowest BCUT2D eigenvalue weighted by Crippen LogP contribution is -2.15. The molecule has 0 fully saturated rings. The molecule has 3 nitrogen and oxygen atoms in total. The minimum absolute atomic E-state index is 0.00689. The smallest absolute Gasteiger partial charge is 0.224 e. The van der Waals surface area contributed by atoms with Gasteiger partial charge in [0.2, 0.25) is 5.91 Å². The highest BCUT2D eigenvalue weighted by Gasteiger charge is 2.14. The molecule has 0 bridgehead atoms. The van der Waals surface area contributed by atoms with Crippen LogP contribution in [0.5, 0.6) is 0 Å². The number of halogens is 1. The first-order valence-electron chi connectivity index (χ1n) is 6.59. The fourth-order valence-electron chi connectivity index (χ4n) is 2.30. The molecule has 0 aromatic heterocycles. The van der Waals surface area contributed by atoms with E-state index in [1.165, 1.54) is 0 Å². The summed E-state index contributed by atoms with van der Waals surface area (Å²) in [5, 5.41) is 3.46. The molecule has 108 valence electrons. The lowest BCUT2D eigenvalue weighted by Gasteiger charge is -2.10. The average molecular weight is 312 g/mol. The van der Waals surface area contributed by atoms with Gasteiger partial charge in [0.05, 0.1) is 0 Å². The Morgan fingerprint density at radius 1 is 1.50 bits per heavy atom.